The van der Waals surface area contributed by atoms with Gasteiger partial charge in [-0.2, -0.15) is 0 Å². The Morgan fingerprint density at radius 1 is 0.847 bits per heavy atom. The molecule has 2 saturated heterocycles. The second-order valence-corrected chi connectivity index (χ2v) is 19.5. The first-order valence-corrected chi connectivity index (χ1v) is 24.5. The van der Waals surface area contributed by atoms with Gasteiger partial charge in [0.1, 0.15) is 24.9 Å². The molecule has 4 heterocycles. The number of aliphatic hydroxyl groups excluding tert-OH is 4. The van der Waals surface area contributed by atoms with Gasteiger partial charge in [-0.3, -0.25) is 28.8 Å². The highest BCUT2D eigenvalue weighted by Gasteiger charge is 2.53. The third-order valence-corrected chi connectivity index (χ3v) is 13.3. The molecule has 3 aliphatic heterocycles. The molecule has 2 fully saturated rings. The van der Waals surface area contributed by atoms with E-state index in [4.69, 9.17) is 37.9 Å². The molecule has 0 spiro atoms. The summed E-state index contributed by atoms with van der Waals surface area (Å²) in [6.45, 7) is 13.0. The number of nitrogens with zero attached hydrogens (tertiary/aromatic N) is 5. The van der Waals surface area contributed by atoms with E-state index >= 15 is 0 Å². The first-order chi connectivity index (χ1) is 33.8. The molecule has 0 aromatic carbocycles. The van der Waals surface area contributed by atoms with Gasteiger partial charge in [0.05, 0.1) is 55.4 Å². The molecule has 0 amide bonds. The lowest BCUT2D eigenvalue weighted by Crippen LogP contribution is -2.63. The topological polar surface area (TPSA) is 294 Å². The van der Waals surface area contributed by atoms with Crippen molar-refractivity contribution in [3.05, 3.63) is 35.7 Å². The van der Waals surface area contributed by atoms with Crippen LogP contribution < -0.4 is 0 Å². The van der Waals surface area contributed by atoms with E-state index in [2.05, 4.69) is 10.3 Å². The number of aliphatic hydroxyl groups is 4. The lowest BCUT2D eigenvalue weighted by molar-refractivity contribution is -0.304. The summed E-state index contributed by atoms with van der Waals surface area (Å²) in [4.78, 5) is 80.0. The van der Waals surface area contributed by atoms with Gasteiger partial charge in [0.2, 0.25) is 0 Å². The number of esters is 5. The van der Waals surface area contributed by atoms with Crippen LogP contribution in [0, 0.1) is 23.7 Å². The van der Waals surface area contributed by atoms with E-state index in [9.17, 15) is 49.2 Å². The molecule has 0 bridgehead atoms. The van der Waals surface area contributed by atoms with Gasteiger partial charge in [0, 0.05) is 52.0 Å². The van der Waals surface area contributed by atoms with E-state index in [0.29, 0.717) is 30.7 Å². The van der Waals surface area contributed by atoms with Crippen molar-refractivity contribution < 1.29 is 87.1 Å². The maximum absolute atomic E-state index is 13.9. The van der Waals surface area contributed by atoms with Crippen LogP contribution >= 0.6 is 0 Å². The third-order valence-electron chi connectivity index (χ3n) is 13.3. The van der Waals surface area contributed by atoms with E-state index in [1.165, 1.54) is 23.9 Å². The molecule has 17 atom stereocenters. The predicted molar refractivity (Wildman–Crippen MR) is 253 cm³/mol. The van der Waals surface area contributed by atoms with Crippen LogP contribution in [0.5, 0.6) is 0 Å². The third kappa shape index (κ3) is 16.6. The van der Waals surface area contributed by atoms with Gasteiger partial charge in [-0.15, -0.1) is 5.10 Å². The molecule has 23 heteroatoms. The second-order valence-electron chi connectivity index (χ2n) is 19.5. The molecule has 3 aliphatic rings. The van der Waals surface area contributed by atoms with Gasteiger partial charge in [0.15, 0.2) is 36.6 Å². The highest BCUT2D eigenvalue weighted by atomic mass is 16.7. The Labute approximate surface area is 421 Å². The minimum Gasteiger partial charge on any atom is -0.463 e. The highest BCUT2D eigenvalue weighted by molar-refractivity contribution is 5.91. The van der Waals surface area contributed by atoms with E-state index in [1.54, 1.807) is 58.8 Å². The zero-order valence-corrected chi connectivity index (χ0v) is 43.5. The average molecular weight is 1020 g/mol. The van der Waals surface area contributed by atoms with Crippen LogP contribution in [0.15, 0.2) is 30.0 Å². The zero-order valence-electron chi connectivity index (χ0n) is 43.5. The van der Waals surface area contributed by atoms with E-state index < -0.39 is 146 Å². The Morgan fingerprint density at radius 2 is 1.49 bits per heavy atom. The average Bonchev–Trinajstić information content (AvgIpc) is 3.76. The minimum absolute atomic E-state index is 0.161. The number of cyclic esters (lactones) is 1. The number of aromatic nitrogens is 3. The SMILES string of the molecule is CC[C@H]1OC(=O)C[C@@H](O)[C@H](C)[C@@H](O[C@@H]2O[C@H](C)[C@@H](O)C(N(C)C)C2O)[C@@H](CCN(C)Cc2cn(C3OC(COC(C)=O)C(OC(C)=O)C(OC(C)=O)C3OC(C)=O)nn2)C[C@@H](C)C(=O)/C=C/C(C)=C/[C@@H]1CO. The van der Waals surface area contributed by atoms with E-state index in [1.807, 2.05) is 18.9 Å². The van der Waals surface area contributed by atoms with Crippen molar-refractivity contribution in [3.8, 4) is 0 Å². The molecule has 4 rings (SSSR count). The number of ether oxygens (including phenoxy) is 8. The Morgan fingerprint density at radius 3 is 2.08 bits per heavy atom. The fourth-order valence-corrected chi connectivity index (χ4v) is 9.53. The Balaban J connectivity index is 1.71. The van der Waals surface area contributed by atoms with Crippen molar-refractivity contribution in [2.24, 2.45) is 23.7 Å². The molecule has 72 heavy (non-hydrogen) atoms. The number of rotatable bonds is 16. The Hall–Kier alpha value is -4.72. The molecule has 7 unspecified atom stereocenters. The minimum atomic E-state index is -1.43. The van der Waals surface area contributed by atoms with Crippen LogP contribution in [0.25, 0.3) is 0 Å². The van der Waals surface area contributed by atoms with Crippen LogP contribution in [0.1, 0.15) is 99.9 Å². The number of hydrogen-bond acceptors (Lipinski definition) is 22. The van der Waals surface area contributed by atoms with Gasteiger partial charge in [-0.1, -0.05) is 43.7 Å². The van der Waals surface area contributed by atoms with Crippen LogP contribution in [0.2, 0.25) is 0 Å². The van der Waals surface area contributed by atoms with E-state index in [-0.39, 0.29) is 25.4 Å². The van der Waals surface area contributed by atoms with Crippen molar-refractivity contribution in [1.82, 2.24) is 24.8 Å². The molecule has 4 N–H and O–H groups in total. The summed E-state index contributed by atoms with van der Waals surface area (Å²) in [5.41, 5.74) is 1.07. The first-order valence-electron chi connectivity index (χ1n) is 24.5. The first kappa shape index (κ1) is 59.8. The van der Waals surface area contributed by atoms with Gasteiger partial charge in [-0.25, -0.2) is 4.68 Å². The largest absolute Gasteiger partial charge is 0.463 e. The van der Waals surface area contributed by atoms with Gasteiger partial charge >= 0.3 is 29.8 Å². The van der Waals surface area contributed by atoms with Crippen molar-refractivity contribution in [2.45, 2.75) is 174 Å². The normalized spacial score (nSPS) is 35.4. The summed E-state index contributed by atoms with van der Waals surface area (Å²) in [7, 11) is 5.22. The number of hydrogen-bond donors (Lipinski definition) is 4. The smallest absolute Gasteiger partial charge is 0.308 e. The van der Waals surface area contributed by atoms with E-state index in [0.717, 1.165) is 20.8 Å². The molecule has 0 saturated carbocycles. The Bertz CT molecular complexity index is 2050. The number of carbonyl (C=O) groups is 6. The molecular weight excluding hydrogens is 947 g/mol. The van der Waals surface area contributed by atoms with Crippen molar-refractivity contribution in [2.75, 3.05) is 40.9 Å². The second kappa shape index (κ2) is 27.5. The molecule has 0 radical (unpaired) electrons. The predicted octanol–water partition coefficient (Wildman–Crippen LogP) is 1.18. The standard InChI is InChI=1S/C49H77N5O18/c1-13-38-34(23-55)18-25(2)14-15-36(60)26(3)19-33(44(27(4)37(61)20-40(62)70-38)72-49-43(64)41(52(10)11)42(63)28(5)66-49)16-17-53(12)21-35-22-54(51-50-35)48-47(69-32(9)59)46(68-31(8)58)45(67-30(7)57)39(71-48)24-65-29(6)56/h14-15,18,22,26-28,33-34,37-39,41-49,55,61,63-64H,13,16-17,19-21,23-24H2,1-12H3/b15-14+,25-18+/t26-,27+,28-,33+,34-,37-,38-,39?,41?,42-,43?,44-,45?,46?,47?,48?,49+/m1/s1. The van der Waals surface area contributed by atoms with Crippen molar-refractivity contribution in [3.63, 3.8) is 0 Å². The van der Waals surface area contributed by atoms with Crippen LogP contribution in [-0.2, 0) is 73.2 Å². The lowest BCUT2D eigenvalue weighted by atomic mass is 9.79. The van der Waals surface area contributed by atoms with Crippen LogP contribution in [0.4, 0.5) is 0 Å². The molecule has 1 aromatic heterocycles. The summed E-state index contributed by atoms with van der Waals surface area (Å²) >= 11 is 0. The molecule has 23 nitrogen and oxygen atoms in total. The van der Waals surface area contributed by atoms with Crippen molar-refractivity contribution >= 4 is 35.6 Å². The number of carbonyl (C=O) groups excluding carboxylic acids is 6. The maximum Gasteiger partial charge on any atom is 0.308 e. The fraction of sp³-hybridized carbons (Fsp3) is 0.755. The summed E-state index contributed by atoms with van der Waals surface area (Å²) in [5, 5.41) is 53.4. The molecule has 1 aromatic rings. The van der Waals surface area contributed by atoms with Crippen LogP contribution in [0.3, 0.4) is 0 Å². The maximum atomic E-state index is 13.9. The summed E-state index contributed by atoms with van der Waals surface area (Å²) in [5.74, 6) is -6.45. The van der Waals surface area contributed by atoms with Crippen LogP contribution in [-0.4, -0.2) is 195 Å². The number of likely N-dealkylation sites (N-methyl/N-ethyl adjacent to an activating group) is 1. The van der Waals surface area contributed by atoms with Crippen molar-refractivity contribution in [1.29, 1.82) is 0 Å². The summed E-state index contributed by atoms with van der Waals surface area (Å²) in [6.07, 6.45) is -7.43. The molecule has 0 aliphatic carbocycles. The fourth-order valence-electron chi connectivity index (χ4n) is 9.53. The monoisotopic (exact) mass is 1020 g/mol. The van der Waals surface area contributed by atoms with Gasteiger partial charge < -0.3 is 68.1 Å². The van der Waals surface area contributed by atoms with Gasteiger partial charge in [0.25, 0.3) is 0 Å². The molecular formula is C49H77N5O18. The zero-order chi connectivity index (χ0) is 53.7. The van der Waals surface area contributed by atoms with Gasteiger partial charge in [-0.05, 0) is 72.8 Å². The summed E-state index contributed by atoms with van der Waals surface area (Å²) < 4.78 is 48.0. The molecule has 406 valence electrons. The highest BCUT2D eigenvalue weighted by Crippen LogP contribution is 2.37. The quantitative estimate of drug-likeness (QED) is 0.134. The lowest BCUT2D eigenvalue weighted by Gasteiger charge is -2.46. The Kier molecular flexibility index (Phi) is 22.9. The number of ketones is 1. The summed E-state index contributed by atoms with van der Waals surface area (Å²) in [6, 6.07) is -0.795. The number of allylic oxidation sites excluding steroid dienone is 3.